The minimum absolute atomic E-state index is 0.0128. The molecule has 2 aliphatic heterocycles. The molecule has 0 aromatic rings. The first-order valence-corrected chi connectivity index (χ1v) is 12.7. The van der Waals surface area contributed by atoms with Crippen molar-refractivity contribution in [2.75, 3.05) is 6.61 Å². The number of phosphoric ester groups is 1. The molecule has 0 amide bonds. The Morgan fingerprint density at radius 1 is 1.23 bits per heavy atom. The normalized spacial score (nSPS) is 36.3. The van der Waals surface area contributed by atoms with Gasteiger partial charge in [0.25, 0.3) is 0 Å². The lowest BCUT2D eigenvalue weighted by molar-refractivity contribution is -0.150. The topological polar surface area (TPSA) is 251 Å². The second kappa shape index (κ2) is 8.85. The zero-order valence-corrected chi connectivity index (χ0v) is 18.3. The third-order valence-corrected chi connectivity index (χ3v) is 8.00. The van der Waals surface area contributed by atoms with E-state index in [4.69, 9.17) is 36.8 Å². The number of hydrogen-bond donors (Lipinski definition) is 7. The number of nitrogens with two attached hydrogens (primary N) is 1. The average Bonchev–Trinajstić information content (AvgIpc) is 2.75. The number of ether oxygens (including phenoxy) is 1. The summed E-state index contributed by atoms with van der Waals surface area (Å²) in [5.41, 5.74) is 3.64. The standard InChI is InChI=1S/C10H19ClN3O13P3/c1-10(4-24-29(20,21)27-30(22,23)26-28(17,18)19)7(15)6(11)8(25-10)14-3-2-5(12)13-9(14)16/h2-3,6-9,15-16H,4H2,1H3,(H2,12,13)(H,20,21)(H,22,23)(H2,17,18,19)/t6-,7+,8?,9?,10-/m1/s1. The molecule has 0 aliphatic carbocycles. The molecule has 4 unspecified atom stereocenters. The fourth-order valence-corrected chi connectivity index (χ4v) is 6.02. The van der Waals surface area contributed by atoms with Gasteiger partial charge in [0.15, 0.2) is 6.23 Å². The van der Waals surface area contributed by atoms with E-state index < -0.39 is 59.7 Å². The highest BCUT2D eigenvalue weighted by Gasteiger charge is 2.55. The van der Waals surface area contributed by atoms with Gasteiger partial charge in [0, 0.05) is 6.20 Å². The maximum atomic E-state index is 11.9. The van der Waals surface area contributed by atoms with Gasteiger partial charge < -0.3 is 45.2 Å². The summed E-state index contributed by atoms with van der Waals surface area (Å²) in [5, 5.41) is 19.1. The van der Waals surface area contributed by atoms with Crippen LogP contribution in [-0.2, 0) is 31.6 Å². The average molecular weight is 518 g/mol. The van der Waals surface area contributed by atoms with E-state index >= 15 is 0 Å². The van der Waals surface area contributed by atoms with Crippen molar-refractivity contribution < 1.29 is 61.4 Å². The van der Waals surface area contributed by atoms with Gasteiger partial charge in [-0.25, -0.2) is 18.7 Å². The minimum atomic E-state index is -5.70. The summed E-state index contributed by atoms with van der Waals surface area (Å²) in [7, 11) is -16.7. The van der Waals surface area contributed by atoms with Crippen LogP contribution in [-0.4, -0.2) is 76.8 Å². The number of rotatable bonds is 8. The zero-order chi connectivity index (χ0) is 23.1. The maximum Gasteiger partial charge on any atom is 0.490 e. The molecule has 7 atom stereocenters. The van der Waals surface area contributed by atoms with E-state index in [1.54, 1.807) is 0 Å². The molecule has 2 rings (SSSR count). The van der Waals surface area contributed by atoms with Crippen LogP contribution < -0.4 is 5.73 Å². The van der Waals surface area contributed by atoms with Crippen LogP contribution in [0, 0.1) is 0 Å². The van der Waals surface area contributed by atoms with Gasteiger partial charge in [-0.15, -0.1) is 11.6 Å². The van der Waals surface area contributed by atoms with Gasteiger partial charge in [-0.05, 0) is 13.0 Å². The van der Waals surface area contributed by atoms with Gasteiger partial charge in [-0.1, -0.05) is 0 Å². The van der Waals surface area contributed by atoms with Crippen molar-refractivity contribution >= 4 is 40.9 Å². The Labute approximate surface area is 173 Å². The van der Waals surface area contributed by atoms with Gasteiger partial charge in [-0.2, -0.15) is 8.62 Å². The summed E-state index contributed by atoms with van der Waals surface area (Å²) in [6.45, 7) is 0.256. The van der Waals surface area contributed by atoms with Crippen LogP contribution >= 0.6 is 35.1 Å². The first kappa shape index (κ1) is 25.8. The van der Waals surface area contributed by atoms with Crippen molar-refractivity contribution in [3.05, 3.63) is 12.3 Å². The molecule has 0 radical (unpaired) electrons. The van der Waals surface area contributed by atoms with Crippen LogP contribution in [0.2, 0.25) is 0 Å². The Balaban J connectivity index is 2.07. The number of aliphatic hydroxyl groups excluding tert-OH is 2. The Hall–Kier alpha value is -0.410. The van der Waals surface area contributed by atoms with Crippen molar-refractivity contribution in [1.29, 1.82) is 0 Å². The van der Waals surface area contributed by atoms with Crippen molar-refractivity contribution in [3.63, 3.8) is 0 Å². The van der Waals surface area contributed by atoms with E-state index in [1.165, 1.54) is 19.2 Å². The van der Waals surface area contributed by atoms with Gasteiger partial charge in [0.2, 0.25) is 6.35 Å². The molecule has 30 heavy (non-hydrogen) atoms. The number of phosphoric acid groups is 3. The molecular weight excluding hydrogens is 498 g/mol. The van der Waals surface area contributed by atoms with Gasteiger partial charge >= 0.3 is 23.5 Å². The quantitative estimate of drug-likeness (QED) is 0.149. The van der Waals surface area contributed by atoms with E-state index in [2.05, 4.69) is 18.1 Å². The number of amidine groups is 1. The number of nitrogens with zero attached hydrogens (tertiary/aromatic N) is 2. The molecule has 0 aromatic carbocycles. The summed E-state index contributed by atoms with van der Waals surface area (Å²) in [6.07, 6.45) is -1.67. The second-order valence-electron chi connectivity index (χ2n) is 6.24. The molecule has 0 aromatic heterocycles. The predicted octanol–water partition coefficient (Wildman–Crippen LogP) is -1.12. The first-order valence-electron chi connectivity index (χ1n) is 7.70. The molecule has 0 saturated carbocycles. The van der Waals surface area contributed by atoms with Crippen LogP contribution in [0.15, 0.2) is 17.3 Å². The maximum absolute atomic E-state index is 11.9. The Kier molecular flexibility index (Phi) is 7.62. The number of aliphatic imine (C=N–C) groups is 1. The third-order valence-electron chi connectivity index (χ3n) is 3.76. The number of halogens is 1. The summed E-state index contributed by atoms with van der Waals surface area (Å²) < 4.78 is 51.0. The lowest BCUT2D eigenvalue weighted by atomic mass is 10.0. The van der Waals surface area contributed by atoms with Gasteiger partial charge in [0.1, 0.15) is 22.9 Å². The molecule has 2 aliphatic rings. The predicted molar refractivity (Wildman–Crippen MR) is 97.4 cm³/mol. The Bertz CT molecular complexity index is 865. The summed E-state index contributed by atoms with van der Waals surface area (Å²) in [4.78, 5) is 40.4. The van der Waals surface area contributed by atoms with Gasteiger partial charge in [0.05, 0.1) is 6.61 Å². The molecule has 1 fully saturated rings. The van der Waals surface area contributed by atoms with Crippen molar-refractivity contribution in [3.8, 4) is 0 Å². The monoisotopic (exact) mass is 517 g/mol. The smallest absolute Gasteiger partial charge is 0.388 e. The van der Waals surface area contributed by atoms with Gasteiger partial charge in [-0.3, -0.25) is 4.52 Å². The zero-order valence-electron chi connectivity index (χ0n) is 14.9. The molecule has 0 spiro atoms. The Morgan fingerprint density at radius 3 is 2.37 bits per heavy atom. The highest BCUT2D eigenvalue weighted by atomic mass is 35.5. The highest BCUT2D eigenvalue weighted by molar-refractivity contribution is 7.66. The Morgan fingerprint density at radius 2 is 1.83 bits per heavy atom. The second-order valence-corrected chi connectivity index (χ2v) is 11.2. The van der Waals surface area contributed by atoms with E-state index in [9.17, 15) is 28.8 Å². The fourth-order valence-electron chi connectivity index (χ4n) is 2.46. The molecule has 20 heteroatoms. The van der Waals surface area contributed by atoms with Crippen LogP contribution in [0.3, 0.4) is 0 Å². The molecule has 174 valence electrons. The minimum Gasteiger partial charge on any atom is -0.388 e. The largest absolute Gasteiger partial charge is 0.490 e. The number of aliphatic hydroxyl groups is 2. The van der Waals surface area contributed by atoms with Crippen molar-refractivity contribution in [2.45, 2.75) is 36.6 Å². The van der Waals surface area contributed by atoms with Crippen LogP contribution in [0.4, 0.5) is 0 Å². The summed E-state index contributed by atoms with van der Waals surface area (Å²) in [6, 6.07) is 0. The summed E-state index contributed by atoms with van der Waals surface area (Å²) in [5.74, 6) is 0.0128. The SMILES string of the molecule is C[C@]1(COP(=O)(O)OP(=O)(O)OP(=O)(O)O)OC(N2C=CC(N)=NC2O)[C@H](Cl)[C@@H]1O. The van der Waals surface area contributed by atoms with Crippen LogP contribution in [0.25, 0.3) is 0 Å². The fraction of sp³-hybridized carbons (Fsp3) is 0.700. The van der Waals surface area contributed by atoms with Crippen LogP contribution in [0.1, 0.15) is 6.92 Å². The molecule has 2 heterocycles. The van der Waals surface area contributed by atoms with E-state index in [0.717, 1.165) is 4.90 Å². The molecule has 16 nitrogen and oxygen atoms in total. The molecular formula is C10H19ClN3O13P3. The highest BCUT2D eigenvalue weighted by Crippen LogP contribution is 2.66. The van der Waals surface area contributed by atoms with E-state index in [0.29, 0.717) is 0 Å². The van der Waals surface area contributed by atoms with Crippen molar-refractivity contribution in [2.24, 2.45) is 10.7 Å². The molecule has 1 saturated heterocycles. The summed E-state index contributed by atoms with van der Waals surface area (Å²) >= 11 is 6.13. The first-order chi connectivity index (χ1) is 13.4. The van der Waals surface area contributed by atoms with Crippen molar-refractivity contribution in [1.82, 2.24) is 4.90 Å². The van der Waals surface area contributed by atoms with E-state index in [-0.39, 0.29) is 5.84 Å². The molecule has 0 bridgehead atoms. The number of alkyl halides is 1. The molecule has 8 N–H and O–H groups in total. The lowest BCUT2D eigenvalue weighted by Crippen LogP contribution is -2.46. The number of hydrogen-bond acceptors (Lipinski definition) is 12. The van der Waals surface area contributed by atoms with Crippen LogP contribution in [0.5, 0.6) is 0 Å². The lowest BCUT2D eigenvalue weighted by Gasteiger charge is -2.34. The van der Waals surface area contributed by atoms with E-state index in [1.807, 2.05) is 0 Å². The third kappa shape index (κ3) is 6.55.